The van der Waals surface area contributed by atoms with Crippen molar-refractivity contribution in [2.45, 2.75) is 6.92 Å². The minimum Gasteiger partial charge on any atom is -0.350 e. The summed E-state index contributed by atoms with van der Waals surface area (Å²) in [6, 6.07) is 18.6. The zero-order chi connectivity index (χ0) is 11.4. The summed E-state index contributed by atoms with van der Waals surface area (Å²) >= 11 is 4.99. The smallest absolute Gasteiger partial charge is 0.0765 e. The summed E-state index contributed by atoms with van der Waals surface area (Å²) < 4.78 is 0. The molecule has 2 heteroatoms. The van der Waals surface area contributed by atoms with E-state index in [0.29, 0.717) is 0 Å². The van der Waals surface area contributed by atoms with Crippen molar-refractivity contribution in [2.24, 2.45) is 0 Å². The van der Waals surface area contributed by atoms with E-state index >= 15 is 0 Å². The fraction of sp³-hybridized carbons (Fsp3) is 0.0714. The van der Waals surface area contributed by atoms with Gasteiger partial charge >= 0.3 is 0 Å². The van der Waals surface area contributed by atoms with Crippen LogP contribution in [0.3, 0.4) is 0 Å². The maximum atomic E-state index is 4.99. The van der Waals surface area contributed by atoms with E-state index in [4.69, 9.17) is 12.2 Å². The minimum absolute atomic E-state index is 0.785. The molecule has 0 amide bonds. The van der Waals surface area contributed by atoms with Crippen LogP contribution >= 0.6 is 12.2 Å². The van der Waals surface area contributed by atoms with Gasteiger partial charge in [-0.15, -0.1) is 0 Å². The predicted octanol–water partition coefficient (Wildman–Crippen LogP) is 4.11. The Balaban J connectivity index is 2.23. The number of hydrogen-bond donors (Lipinski definition) is 1. The van der Waals surface area contributed by atoms with E-state index in [9.17, 15) is 0 Å². The highest BCUT2D eigenvalue weighted by molar-refractivity contribution is 7.80. The molecule has 2 aromatic rings. The van der Waals surface area contributed by atoms with Crippen molar-refractivity contribution in [3.8, 4) is 11.1 Å². The molecule has 0 aliphatic heterocycles. The zero-order valence-corrected chi connectivity index (χ0v) is 9.92. The van der Waals surface area contributed by atoms with Crippen molar-refractivity contribution in [1.29, 1.82) is 0 Å². The van der Waals surface area contributed by atoms with Crippen molar-refractivity contribution in [3.63, 3.8) is 0 Å². The standard InChI is InChI=1S/C14H13NS/c1-11(16)15-14-9-7-13(8-10-14)12-5-3-2-4-6-12/h2-10H,1H3,(H,15,16). The van der Waals surface area contributed by atoms with Crippen LogP contribution in [0.2, 0.25) is 0 Å². The van der Waals surface area contributed by atoms with Crippen molar-refractivity contribution < 1.29 is 0 Å². The second kappa shape index (κ2) is 4.90. The van der Waals surface area contributed by atoms with Gasteiger partial charge in [0.25, 0.3) is 0 Å². The second-order valence-electron chi connectivity index (χ2n) is 3.62. The summed E-state index contributed by atoms with van der Waals surface area (Å²) in [5, 5.41) is 3.11. The predicted molar refractivity (Wildman–Crippen MR) is 73.8 cm³/mol. The Morgan fingerprint density at radius 2 is 1.44 bits per heavy atom. The van der Waals surface area contributed by atoms with Gasteiger partial charge in [-0.3, -0.25) is 0 Å². The van der Waals surface area contributed by atoms with Crippen molar-refractivity contribution in [1.82, 2.24) is 0 Å². The van der Waals surface area contributed by atoms with Crippen LogP contribution in [0.5, 0.6) is 0 Å². The van der Waals surface area contributed by atoms with Gasteiger partial charge in [-0.05, 0) is 30.2 Å². The van der Waals surface area contributed by atoms with E-state index in [1.54, 1.807) is 0 Å². The Hall–Kier alpha value is -1.67. The van der Waals surface area contributed by atoms with E-state index in [0.717, 1.165) is 10.7 Å². The zero-order valence-electron chi connectivity index (χ0n) is 9.10. The molecular formula is C14H13NS. The largest absolute Gasteiger partial charge is 0.350 e. The minimum atomic E-state index is 0.785. The summed E-state index contributed by atoms with van der Waals surface area (Å²) in [5.74, 6) is 0. The summed E-state index contributed by atoms with van der Waals surface area (Å²) in [5.41, 5.74) is 3.48. The fourth-order valence-corrected chi connectivity index (χ4v) is 1.70. The molecule has 1 nitrogen and oxygen atoms in total. The molecule has 0 aliphatic rings. The lowest BCUT2D eigenvalue weighted by Gasteiger charge is -2.05. The molecule has 0 atom stereocenters. The molecule has 0 aromatic heterocycles. The molecular weight excluding hydrogens is 214 g/mol. The van der Waals surface area contributed by atoms with Crippen molar-refractivity contribution in [2.75, 3.05) is 5.32 Å². The summed E-state index contributed by atoms with van der Waals surface area (Å²) in [6.45, 7) is 1.88. The topological polar surface area (TPSA) is 12.0 Å². The lowest BCUT2D eigenvalue weighted by molar-refractivity contribution is 1.59. The molecule has 80 valence electrons. The van der Waals surface area contributed by atoms with Crippen molar-refractivity contribution >= 4 is 22.9 Å². The van der Waals surface area contributed by atoms with Crippen LogP contribution in [0.4, 0.5) is 5.69 Å². The molecule has 2 rings (SSSR count). The van der Waals surface area contributed by atoms with Gasteiger partial charge in [0.05, 0.1) is 4.99 Å². The van der Waals surface area contributed by atoms with Gasteiger partial charge < -0.3 is 5.32 Å². The average molecular weight is 227 g/mol. The molecule has 2 aromatic carbocycles. The fourth-order valence-electron chi connectivity index (χ4n) is 1.58. The monoisotopic (exact) mass is 227 g/mol. The molecule has 0 saturated carbocycles. The Bertz CT molecular complexity index is 474. The van der Waals surface area contributed by atoms with E-state index in [1.165, 1.54) is 11.1 Å². The molecule has 0 radical (unpaired) electrons. The second-order valence-corrected chi connectivity index (χ2v) is 4.24. The molecule has 0 spiro atoms. The highest BCUT2D eigenvalue weighted by atomic mass is 32.1. The highest BCUT2D eigenvalue weighted by Gasteiger charge is 1.97. The third-order valence-electron chi connectivity index (χ3n) is 2.31. The van der Waals surface area contributed by atoms with E-state index in [1.807, 2.05) is 37.3 Å². The van der Waals surface area contributed by atoms with Gasteiger partial charge in [0.15, 0.2) is 0 Å². The maximum absolute atomic E-state index is 4.99. The van der Waals surface area contributed by atoms with Crippen LogP contribution in [0.1, 0.15) is 6.92 Å². The van der Waals surface area contributed by atoms with Crippen LogP contribution in [0.25, 0.3) is 11.1 Å². The number of hydrogen-bond acceptors (Lipinski definition) is 1. The van der Waals surface area contributed by atoms with Crippen LogP contribution in [-0.4, -0.2) is 4.99 Å². The van der Waals surface area contributed by atoms with Crippen LogP contribution in [-0.2, 0) is 0 Å². The van der Waals surface area contributed by atoms with Crippen LogP contribution < -0.4 is 5.32 Å². The molecule has 0 saturated heterocycles. The number of anilines is 1. The summed E-state index contributed by atoms with van der Waals surface area (Å²) in [7, 11) is 0. The molecule has 1 N–H and O–H groups in total. The normalized spacial score (nSPS) is 9.81. The first-order chi connectivity index (χ1) is 7.75. The summed E-state index contributed by atoms with van der Waals surface area (Å²) in [6.07, 6.45) is 0. The lowest BCUT2D eigenvalue weighted by Crippen LogP contribution is -2.02. The van der Waals surface area contributed by atoms with Crippen molar-refractivity contribution in [3.05, 3.63) is 54.6 Å². The molecule has 0 unspecified atom stereocenters. The first-order valence-corrected chi connectivity index (χ1v) is 5.59. The van der Waals surface area contributed by atoms with Gasteiger partial charge in [0.2, 0.25) is 0 Å². The lowest BCUT2D eigenvalue weighted by atomic mass is 10.1. The van der Waals surface area contributed by atoms with Crippen LogP contribution in [0, 0.1) is 0 Å². The van der Waals surface area contributed by atoms with Gasteiger partial charge in [-0.2, -0.15) is 0 Å². The Morgan fingerprint density at radius 1 is 0.875 bits per heavy atom. The average Bonchev–Trinajstić information content (AvgIpc) is 2.30. The number of benzene rings is 2. The third kappa shape index (κ3) is 2.67. The first kappa shape index (κ1) is 10.8. The Labute approximate surface area is 101 Å². The molecule has 0 bridgehead atoms. The van der Waals surface area contributed by atoms with E-state index in [-0.39, 0.29) is 0 Å². The SMILES string of the molecule is CC(=S)Nc1ccc(-c2ccccc2)cc1. The van der Waals surface area contributed by atoms with Gasteiger partial charge in [0.1, 0.15) is 0 Å². The number of nitrogens with one attached hydrogen (secondary N) is 1. The molecule has 0 aliphatic carbocycles. The highest BCUT2D eigenvalue weighted by Crippen LogP contribution is 2.20. The van der Waals surface area contributed by atoms with Gasteiger partial charge in [-0.25, -0.2) is 0 Å². The molecule has 16 heavy (non-hydrogen) atoms. The Kier molecular flexibility index (Phi) is 3.32. The first-order valence-electron chi connectivity index (χ1n) is 5.19. The Morgan fingerprint density at radius 3 is 2.00 bits per heavy atom. The van der Waals surface area contributed by atoms with Gasteiger partial charge in [0, 0.05) is 5.69 Å². The van der Waals surface area contributed by atoms with Crippen LogP contribution in [0.15, 0.2) is 54.6 Å². The summed E-state index contributed by atoms with van der Waals surface area (Å²) in [4.78, 5) is 0.785. The van der Waals surface area contributed by atoms with E-state index in [2.05, 4.69) is 29.6 Å². The number of thiocarbonyl (C=S) groups is 1. The molecule has 0 fully saturated rings. The maximum Gasteiger partial charge on any atom is 0.0765 e. The van der Waals surface area contributed by atoms with E-state index < -0.39 is 0 Å². The third-order valence-corrected chi connectivity index (χ3v) is 2.41. The quantitative estimate of drug-likeness (QED) is 0.775. The van der Waals surface area contributed by atoms with Gasteiger partial charge in [-0.1, -0.05) is 54.7 Å². The molecule has 0 heterocycles. The number of rotatable bonds is 2.